The van der Waals surface area contributed by atoms with E-state index in [1.54, 1.807) is 6.07 Å². The number of carbonyl (C=O) groups is 1. The summed E-state index contributed by atoms with van der Waals surface area (Å²) in [6.45, 7) is 14.0. The van der Waals surface area contributed by atoms with E-state index in [4.69, 9.17) is 4.74 Å². The molecule has 0 aromatic heterocycles. The van der Waals surface area contributed by atoms with Crippen molar-refractivity contribution in [1.82, 2.24) is 0 Å². The molecule has 7 rings (SSSR count). The van der Waals surface area contributed by atoms with Crippen LogP contribution in [0.1, 0.15) is 121 Å². The first-order valence-corrected chi connectivity index (χ1v) is 23.9. The summed E-state index contributed by atoms with van der Waals surface area (Å²) in [5, 5.41) is 11.8. The maximum absolute atomic E-state index is 12.4. The maximum atomic E-state index is 12.4. The SMILES string of the molecule is C=C1C2=CC3=C4N(CCC3OC2CCCc2ccc(S(=O)(=O)O)cc2C1(C)CCCC(=O)O)c1c(ccc2ccccc12)C4(C)CCCCS(=O)(=O)O.CCCCC. The van der Waals surface area contributed by atoms with E-state index >= 15 is 0 Å². The van der Waals surface area contributed by atoms with Gasteiger partial charge in [0.1, 0.15) is 0 Å². The van der Waals surface area contributed by atoms with Crippen molar-refractivity contribution < 1.29 is 40.6 Å². The van der Waals surface area contributed by atoms with E-state index in [-0.39, 0.29) is 29.3 Å². The number of allylic oxidation sites excluding steroid dienone is 1. The van der Waals surface area contributed by atoms with Crippen molar-refractivity contribution in [1.29, 1.82) is 0 Å². The van der Waals surface area contributed by atoms with Gasteiger partial charge < -0.3 is 14.7 Å². The van der Waals surface area contributed by atoms with Crippen LogP contribution in [0.4, 0.5) is 5.69 Å². The average molecular weight is 834 g/mol. The maximum Gasteiger partial charge on any atom is 0.303 e. The fourth-order valence-corrected chi connectivity index (χ4v) is 10.9. The number of carboxylic acids is 1. The molecule has 3 aliphatic heterocycles. The number of carboxylic acid groups (broad SMARTS) is 1. The first-order chi connectivity index (χ1) is 27.4. The summed E-state index contributed by atoms with van der Waals surface area (Å²) in [4.78, 5) is 13.9. The average Bonchev–Trinajstić information content (AvgIpc) is 3.45. The molecule has 58 heavy (non-hydrogen) atoms. The van der Waals surface area contributed by atoms with Crippen LogP contribution in [0.5, 0.6) is 0 Å². The van der Waals surface area contributed by atoms with Crippen molar-refractivity contribution in [3.05, 3.63) is 106 Å². The Bertz CT molecular complexity index is 2350. The molecule has 3 aromatic carbocycles. The molecule has 0 spiro atoms. The molecule has 314 valence electrons. The zero-order chi connectivity index (χ0) is 42.0. The van der Waals surface area contributed by atoms with Crippen molar-refractivity contribution in [3.8, 4) is 0 Å². The highest BCUT2D eigenvalue weighted by atomic mass is 32.2. The fourth-order valence-electron chi connectivity index (χ4n) is 9.78. The summed E-state index contributed by atoms with van der Waals surface area (Å²) in [7, 11) is -8.61. The molecule has 12 heteroatoms. The van der Waals surface area contributed by atoms with Gasteiger partial charge >= 0.3 is 5.97 Å². The topological polar surface area (TPSA) is 159 Å². The molecule has 1 aliphatic carbocycles. The fraction of sp³-hybridized carbons (Fsp3) is 0.500. The van der Waals surface area contributed by atoms with Crippen LogP contribution < -0.4 is 4.90 Å². The normalized spacial score (nSPS) is 24.2. The largest absolute Gasteiger partial charge is 0.481 e. The predicted molar refractivity (Wildman–Crippen MR) is 230 cm³/mol. The number of unbranched alkanes of at least 4 members (excludes halogenated alkanes) is 3. The number of fused-ring (bicyclic) bond motifs is 8. The highest BCUT2D eigenvalue weighted by Gasteiger charge is 2.50. The molecule has 10 nitrogen and oxygen atoms in total. The third-order valence-corrected chi connectivity index (χ3v) is 14.4. The number of hydrogen-bond acceptors (Lipinski definition) is 7. The number of nitrogens with zero attached hydrogens (tertiary/aromatic N) is 1. The van der Waals surface area contributed by atoms with E-state index in [0.717, 1.165) is 69.4 Å². The molecular weight excluding hydrogens is 775 g/mol. The number of ether oxygens (including phenoxy) is 1. The Labute approximate surface area is 344 Å². The first-order valence-electron chi connectivity index (χ1n) is 20.8. The molecule has 4 aliphatic rings. The highest BCUT2D eigenvalue weighted by molar-refractivity contribution is 7.86. The molecule has 4 atom stereocenters. The lowest BCUT2D eigenvalue weighted by molar-refractivity contribution is -0.137. The molecule has 0 saturated heterocycles. The van der Waals surface area contributed by atoms with Crippen LogP contribution in [0.15, 0.2) is 94.6 Å². The van der Waals surface area contributed by atoms with Gasteiger partial charge in [-0.05, 0) is 110 Å². The van der Waals surface area contributed by atoms with Crippen molar-refractivity contribution in [2.24, 2.45) is 0 Å². The quantitative estimate of drug-likeness (QED) is 0.118. The lowest BCUT2D eigenvalue weighted by Gasteiger charge is -2.44. The van der Waals surface area contributed by atoms with E-state index in [2.05, 4.69) is 62.6 Å². The van der Waals surface area contributed by atoms with E-state index < -0.39 is 37.0 Å². The summed E-state index contributed by atoms with van der Waals surface area (Å²) in [5.41, 5.74) is 6.28. The lowest BCUT2D eigenvalue weighted by Crippen LogP contribution is -2.43. The molecule has 0 bridgehead atoms. The number of aliphatic carboxylic acids is 1. The van der Waals surface area contributed by atoms with Crippen LogP contribution >= 0.6 is 0 Å². The minimum atomic E-state index is -4.51. The molecule has 3 heterocycles. The second kappa shape index (κ2) is 17.4. The van der Waals surface area contributed by atoms with Gasteiger partial charge in [0.15, 0.2) is 0 Å². The van der Waals surface area contributed by atoms with Crippen molar-refractivity contribution >= 4 is 42.7 Å². The van der Waals surface area contributed by atoms with Gasteiger partial charge in [-0.3, -0.25) is 13.9 Å². The van der Waals surface area contributed by atoms with Crippen LogP contribution in [-0.4, -0.2) is 61.5 Å². The Hall–Kier alpha value is -3.81. The number of hydrogen-bond donors (Lipinski definition) is 3. The third-order valence-electron chi connectivity index (χ3n) is 12.8. The van der Waals surface area contributed by atoms with E-state index in [1.165, 1.54) is 31.4 Å². The van der Waals surface area contributed by atoms with Gasteiger partial charge in [-0.1, -0.05) is 95.5 Å². The van der Waals surface area contributed by atoms with Gasteiger partial charge in [-0.2, -0.15) is 16.8 Å². The van der Waals surface area contributed by atoms with Crippen LogP contribution in [0, 0.1) is 0 Å². The Balaban J connectivity index is 0.00000107. The Morgan fingerprint density at radius 2 is 1.60 bits per heavy atom. The molecular formula is C46H59NO9S2. The summed E-state index contributed by atoms with van der Waals surface area (Å²) in [6, 6.07) is 17.3. The van der Waals surface area contributed by atoms with Gasteiger partial charge in [0.25, 0.3) is 20.2 Å². The van der Waals surface area contributed by atoms with Crippen LogP contribution in [0.2, 0.25) is 0 Å². The molecule has 0 saturated carbocycles. The van der Waals surface area contributed by atoms with Crippen LogP contribution in [0.25, 0.3) is 10.8 Å². The van der Waals surface area contributed by atoms with Gasteiger partial charge in [0.05, 0.1) is 28.5 Å². The van der Waals surface area contributed by atoms with Crippen molar-refractivity contribution in [2.75, 3.05) is 17.2 Å². The smallest absolute Gasteiger partial charge is 0.303 e. The molecule has 0 radical (unpaired) electrons. The van der Waals surface area contributed by atoms with Crippen molar-refractivity contribution in [2.45, 2.75) is 139 Å². The molecule has 3 aromatic rings. The minimum absolute atomic E-state index is 0.0658. The highest BCUT2D eigenvalue weighted by Crippen LogP contribution is 2.57. The van der Waals surface area contributed by atoms with Crippen molar-refractivity contribution in [3.63, 3.8) is 0 Å². The van der Waals surface area contributed by atoms with E-state index in [0.29, 0.717) is 50.5 Å². The van der Waals surface area contributed by atoms with Gasteiger partial charge in [-0.25, -0.2) is 0 Å². The molecule has 3 N–H and O–H groups in total. The number of rotatable bonds is 12. The number of aryl methyl sites for hydroxylation is 1. The lowest BCUT2D eigenvalue weighted by atomic mass is 9.67. The van der Waals surface area contributed by atoms with Crippen LogP contribution in [0.3, 0.4) is 0 Å². The zero-order valence-corrected chi connectivity index (χ0v) is 35.9. The molecule has 0 fully saturated rings. The Morgan fingerprint density at radius 3 is 2.28 bits per heavy atom. The second-order valence-electron chi connectivity index (χ2n) is 16.8. The predicted octanol–water partition coefficient (Wildman–Crippen LogP) is 9.88. The summed E-state index contributed by atoms with van der Waals surface area (Å²) >= 11 is 0. The number of anilines is 1. The minimum Gasteiger partial charge on any atom is -0.481 e. The number of benzene rings is 3. The molecule has 0 amide bonds. The zero-order valence-electron chi connectivity index (χ0n) is 34.3. The second-order valence-corrected chi connectivity index (χ2v) is 19.8. The summed E-state index contributed by atoms with van der Waals surface area (Å²) in [5.74, 6) is -1.23. The van der Waals surface area contributed by atoms with Gasteiger partial charge in [-0.15, -0.1) is 0 Å². The standard InChI is InChI=1S/C41H47NO9S2.C5H12/c1-26-31-25-32-36(51-35(31)13-8-11-28-15-17-29(53(48,49)50)24-34(28)40(26,2)21-9-14-37(43)44)19-22-42-38-30-12-5-4-10-27(30)16-18-33(38)41(3,39(32)42)20-6-7-23-52(45,46)47;1-3-5-4-2/h4-5,10,12,15-18,24-25,35-36H,1,6-9,11,13-14,19-23H2,2-3H3,(H,43,44)(H,45,46,47)(H,48,49,50);3-5H2,1-2H3. The van der Waals surface area contributed by atoms with Crippen LogP contribution in [-0.2, 0) is 47.0 Å². The monoisotopic (exact) mass is 833 g/mol. The Morgan fingerprint density at radius 1 is 0.879 bits per heavy atom. The van der Waals surface area contributed by atoms with Gasteiger partial charge in [0, 0.05) is 40.5 Å². The first kappa shape index (κ1) is 43.8. The van der Waals surface area contributed by atoms with E-state index in [1.807, 2.05) is 19.1 Å². The molecule has 4 unspecified atom stereocenters. The summed E-state index contributed by atoms with van der Waals surface area (Å²) in [6.07, 6.45) is 10.8. The Kier molecular flexibility index (Phi) is 13.1. The third kappa shape index (κ3) is 8.87. The van der Waals surface area contributed by atoms with Gasteiger partial charge in [0.2, 0.25) is 0 Å². The summed E-state index contributed by atoms with van der Waals surface area (Å²) < 4.78 is 74.6. The van der Waals surface area contributed by atoms with E-state index in [9.17, 15) is 35.8 Å².